The molecule has 0 bridgehead atoms. The zero-order chi connectivity index (χ0) is 16.9. The second-order valence-corrected chi connectivity index (χ2v) is 7.16. The maximum Gasteiger partial charge on any atom is 0.191 e. The van der Waals surface area contributed by atoms with Crippen molar-refractivity contribution in [2.75, 3.05) is 46.8 Å². The molecule has 0 spiro atoms. The third kappa shape index (κ3) is 5.82. The molecule has 1 aromatic carbocycles. The molecule has 5 nitrogen and oxygen atoms in total. The number of halogens is 1. The van der Waals surface area contributed by atoms with Crippen LogP contribution in [0.25, 0.3) is 0 Å². The molecule has 140 valence electrons. The van der Waals surface area contributed by atoms with Crippen LogP contribution in [0.4, 0.5) is 0 Å². The van der Waals surface area contributed by atoms with E-state index in [0.29, 0.717) is 18.0 Å². The quantitative estimate of drug-likeness (QED) is 0.309. The minimum atomic E-state index is 0. The Morgan fingerprint density at radius 3 is 2.64 bits per heavy atom. The normalized spacial score (nSPS) is 22.5. The summed E-state index contributed by atoms with van der Waals surface area (Å²) in [7, 11) is 4.27. The fraction of sp³-hybridized carbons (Fsp3) is 0.632. The van der Waals surface area contributed by atoms with E-state index in [2.05, 4.69) is 64.1 Å². The summed E-state index contributed by atoms with van der Waals surface area (Å²) in [6.45, 7) is 5.25. The van der Waals surface area contributed by atoms with Crippen LogP contribution >= 0.6 is 24.0 Å². The molecular formula is C19H32IN5. The van der Waals surface area contributed by atoms with Crippen molar-refractivity contribution in [3.63, 3.8) is 0 Å². The van der Waals surface area contributed by atoms with Crippen LogP contribution in [-0.2, 0) is 0 Å². The minimum absolute atomic E-state index is 0. The molecule has 0 amide bonds. The highest BCUT2D eigenvalue weighted by atomic mass is 127. The molecular weight excluding hydrogens is 425 g/mol. The predicted molar refractivity (Wildman–Crippen MR) is 116 cm³/mol. The topological polar surface area (TPSA) is 48.1 Å². The van der Waals surface area contributed by atoms with E-state index in [-0.39, 0.29) is 24.0 Å². The SMILES string of the molecule is CN1CCN(CCCN=C(N)N(C)C2CC2)C(c2ccccc2)C1.I. The van der Waals surface area contributed by atoms with Crippen molar-refractivity contribution in [2.45, 2.75) is 31.3 Å². The molecule has 6 heteroatoms. The molecule has 0 radical (unpaired) electrons. The van der Waals surface area contributed by atoms with Gasteiger partial charge in [-0.25, -0.2) is 0 Å². The van der Waals surface area contributed by atoms with Gasteiger partial charge in [-0.2, -0.15) is 0 Å². The second kappa shape index (κ2) is 9.73. The second-order valence-electron chi connectivity index (χ2n) is 7.16. The van der Waals surface area contributed by atoms with E-state index < -0.39 is 0 Å². The Hall–Kier alpha value is -0.860. The van der Waals surface area contributed by atoms with E-state index in [9.17, 15) is 0 Å². The fourth-order valence-corrected chi connectivity index (χ4v) is 3.44. The molecule has 1 saturated carbocycles. The fourth-order valence-electron chi connectivity index (χ4n) is 3.44. The zero-order valence-corrected chi connectivity index (χ0v) is 17.8. The molecule has 2 N–H and O–H groups in total. The lowest BCUT2D eigenvalue weighted by atomic mass is 10.0. The van der Waals surface area contributed by atoms with Gasteiger partial charge >= 0.3 is 0 Å². The van der Waals surface area contributed by atoms with Crippen molar-refractivity contribution in [1.82, 2.24) is 14.7 Å². The summed E-state index contributed by atoms with van der Waals surface area (Å²) in [5.41, 5.74) is 7.49. The number of benzene rings is 1. The number of guanidine groups is 1. The highest BCUT2D eigenvalue weighted by molar-refractivity contribution is 14.0. The van der Waals surface area contributed by atoms with Gasteiger partial charge in [0, 0.05) is 51.9 Å². The molecule has 1 saturated heterocycles. The summed E-state index contributed by atoms with van der Waals surface area (Å²) >= 11 is 0. The van der Waals surface area contributed by atoms with Gasteiger partial charge in [0.15, 0.2) is 5.96 Å². The predicted octanol–water partition coefficient (Wildman–Crippen LogP) is 2.39. The molecule has 3 rings (SSSR count). The minimum Gasteiger partial charge on any atom is -0.370 e. The highest BCUT2D eigenvalue weighted by Crippen LogP contribution is 2.25. The van der Waals surface area contributed by atoms with Crippen LogP contribution in [0.5, 0.6) is 0 Å². The summed E-state index contributed by atoms with van der Waals surface area (Å²) in [6.07, 6.45) is 3.58. The monoisotopic (exact) mass is 457 g/mol. The summed E-state index contributed by atoms with van der Waals surface area (Å²) in [4.78, 5) is 11.7. The van der Waals surface area contributed by atoms with E-state index in [1.807, 2.05) is 0 Å². The third-order valence-electron chi connectivity index (χ3n) is 5.21. The number of hydrogen-bond donors (Lipinski definition) is 1. The zero-order valence-electron chi connectivity index (χ0n) is 15.5. The van der Waals surface area contributed by atoms with E-state index in [4.69, 9.17) is 5.73 Å². The number of nitrogens with two attached hydrogens (primary N) is 1. The Labute approximate surface area is 169 Å². The van der Waals surface area contributed by atoms with Crippen LogP contribution in [0, 0.1) is 0 Å². The van der Waals surface area contributed by atoms with Gasteiger partial charge in [-0.05, 0) is 31.9 Å². The van der Waals surface area contributed by atoms with Gasteiger partial charge in [0.25, 0.3) is 0 Å². The Kier molecular flexibility index (Phi) is 7.96. The number of piperazine rings is 1. The highest BCUT2D eigenvalue weighted by Gasteiger charge is 2.28. The van der Waals surface area contributed by atoms with E-state index in [1.165, 1.54) is 18.4 Å². The maximum atomic E-state index is 6.07. The van der Waals surface area contributed by atoms with E-state index in [0.717, 1.165) is 39.1 Å². The van der Waals surface area contributed by atoms with Crippen molar-refractivity contribution < 1.29 is 0 Å². The molecule has 2 aliphatic rings. The van der Waals surface area contributed by atoms with E-state index >= 15 is 0 Å². The molecule has 1 aliphatic heterocycles. The Balaban J connectivity index is 0.00000225. The Bertz CT molecular complexity index is 546. The van der Waals surface area contributed by atoms with Crippen molar-refractivity contribution >= 4 is 29.9 Å². The van der Waals surface area contributed by atoms with Crippen molar-refractivity contribution in [3.8, 4) is 0 Å². The molecule has 0 aromatic heterocycles. The molecule has 2 fully saturated rings. The smallest absolute Gasteiger partial charge is 0.191 e. The lowest BCUT2D eigenvalue weighted by Crippen LogP contribution is -2.47. The third-order valence-corrected chi connectivity index (χ3v) is 5.21. The number of likely N-dealkylation sites (N-methyl/N-ethyl adjacent to an activating group) is 1. The number of rotatable bonds is 6. The Morgan fingerprint density at radius 2 is 1.96 bits per heavy atom. The summed E-state index contributed by atoms with van der Waals surface area (Å²) < 4.78 is 0. The molecule has 1 unspecified atom stereocenters. The number of aliphatic imine (C=N–C) groups is 1. The van der Waals surface area contributed by atoms with Gasteiger partial charge in [0.2, 0.25) is 0 Å². The van der Waals surface area contributed by atoms with Gasteiger partial charge in [-0.1, -0.05) is 30.3 Å². The van der Waals surface area contributed by atoms with Gasteiger partial charge in [0.1, 0.15) is 0 Å². The van der Waals surface area contributed by atoms with Gasteiger partial charge in [0.05, 0.1) is 0 Å². The van der Waals surface area contributed by atoms with Crippen molar-refractivity contribution in [3.05, 3.63) is 35.9 Å². The lowest BCUT2D eigenvalue weighted by Gasteiger charge is -2.40. The van der Waals surface area contributed by atoms with Crippen LogP contribution in [-0.4, -0.2) is 73.5 Å². The summed E-state index contributed by atoms with van der Waals surface area (Å²) in [5, 5.41) is 0. The van der Waals surface area contributed by atoms with Crippen LogP contribution in [0.3, 0.4) is 0 Å². The Morgan fingerprint density at radius 1 is 1.24 bits per heavy atom. The first-order chi connectivity index (χ1) is 11.6. The largest absolute Gasteiger partial charge is 0.370 e. The first-order valence-electron chi connectivity index (χ1n) is 9.15. The first kappa shape index (κ1) is 20.5. The van der Waals surface area contributed by atoms with Crippen LogP contribution in [0.15, 0.2) is 35.3 Å². The van der Waals surface area contributed by atoms with Crippen LogP contribution < -0.4 is 5.73 Å². The maximum absolute atomic E-state index is 6.07. The number of nitrogens with zero attached hydrogens (tertiary/aromatic N) is 4. The van der Waals surface area contributed by atoms with Gasteiger partial charge < -0.3 is 15.5 Å². The van der Waals surface area contributed by atoms with Crippen molar-refractivity contribution in [2.24, 2.45) is 10.7 Å². The average Bonchev–Trinajstić information content (AvgIpc) is 3.44. The van der Waals surface area contributed by atoms with E-state index in [1.54, 1.807) is 0 Å². The standard InChI is InChI=1S/C19H31N5.HI/c1-22-13-14-24(18(15-22)16-7-4-3-5-8-16)12-6-11-21-19(20)23(2)17-9-10-17;/h3-5,7-8,17-18H,6,9-15H2,1-2H3,(H2,20,21);1H. The molecule has 1 aromatic rings. The van der Waals surface area contributed by atoms with Crippen LogP contribution in [0.1, 0.15) is 30.9 Å². The van der Waals surface area contributed by atoms with Crippen molar-refractivity contribution in [1.29, 1.82) is 0 Å². The lowest BCUT2D eigenvalue weighted by molar-refractivity contribution is 0.0894. The molecule has 1 heterocycles. The molecule has 25 heavy (non-hydrogen) atoms. The summed E-state index contributed by atoms with van der Waals surface area (Å²) in [5.74, 6) is 0.704. The van der Waals surface area contributed by atoms with Gasteiger partial charge in [-0.3, -0.25) is 9.89 Å². The van der Waals surface area contributed by atoms with Gasteiger partial charge in [-0.15, -0.1) is 24.0 Å². The average molecular weight is 457 g/mol. The molecule has 1 atom stereocenters. The molecule has 1 aliphatic carbocycles. The first-order valence-corrected chi connectivity index (χ1v) is 9.15. The number of hydrogen-bond acceptors (Lipinski definition) is 3. The van der Waals surface area contributed by atoms with Crippen LogP contribution in [0.2, 0.25) is 0 Å². The summed E-state index contributed by atoms with van der Waals surface area (Å²) in [6, 6.07) is 12.0.